The summed E-state index contributed by atoms with van der Waals surface area (Å²) in [7, 11) is 0. The molecule has 6 nitrogen and oxygen atoms in total. The van der Waals surface area contributed by atoms with Gasteiger partial charge in [0.25, 0.3) is 0 Å². The van der Waals surface area contributed by atoms with Crippen molar-refractivity contribution in [3.63, 3.8) is 0 Å². The summed E-state index contributed by atoms with van der Waals surface area (Å²) in [6, 6.07) is -0.443. The Morgan fingerprint density at radius 1 is 1.53 bits per heavy atom. The molecule has 1 unspecified atom stereocenters. The van der Waals surface area contributed by atoms with Gasteiger partial charge in [0.1, 0.15) is 6.61 Å². The quantitative estimate of drug-likeness (QED) is 0.279. The Labute approximate surface area is 102 Å². The molecule has 0 bridgehead atoms. The Bertz CT molecular complexity index is 272. The van der Waals surface area contributed by atoms with E-state index >= 15 is 0 Å². The zero-order chi connectivity index (χ0) is 13.5. The van der Waals surface area contributed by atoms with Crippen molar-refractivity contribution in [2.45, 2.75) is 52.2 Å². The predicted molar refractivity (Wildman–Crippen MR) is 66.0 cm³/mol. The first-order valence-electron chi connectivity index (χ1n) is 5.71. The van der Waals surface area contributed by atoms with E-state index in [2.05, 4.69) is 10.5 Å². The van der Waals surface area contributed by atoms with Crippen molar-refractivity contribution in [2.24, 2.45) is 10.9 Å². The second-order valence-electron chi connectivity index (χ2n) is 4.83. The van der Waals surface area contributed by atoms with Gasteiger partial charge in [-0.05, 0) is 27.2 Å². The topological polar surface area (TPSA) is 96.9 Å². The Balaban J connectivity index is 4.22. The van der Waals surface area contributed by atoms with Crippen LogP contribution in [0.1, 0.15) is 40.5 Å². The molecule has 0 saturated carbocycles. The molecule has 0 fully saturated rings. The zero-order valence-corrected chi connectivity index (χ0v) is 11.0. The smallest absolute Gasteiger partial charge is 0.246 e. The average Bonchev–Trinajstić information content (AvgIpc) is 2.24. The van der Waals surface area contributed by atoms with Gasteiger partial charge in [-0.25, -0.2) is 0 Å². The number of amidine groups is 1. The average molecular weight is 245 g/mol. The van der Waals surface area contributed by atoms with E-state index in [0.29, 0.717) is 6.42 Å². The highest BCUT2D eigenvalue weighted by Gasteiger charge is 2.18. The molecule has 17 heavy (non-hydrogen) atoms. The number of nitrogens with one attached hydrogen (secondary N) is 1. The monoisotopic (exact) mass is 245 g/mol. The first-order chi connectivity index (χ1) is 7.80. The molecule has 0 heterocycles. The van der Waals surface area contributed by atoms with Crippen molar-refractivity contribution in [1.29, 1.82) is 0 Å². The lowest BCUT2D eigenvalue weighted by molar-refractivity contribution is -0.130. The molecule has 0 saturated heterocycles. The van der Waals surface area contributed by atoms with Crippen LogP contribution in [0, 0.1) is 0 Å². The number of oxime groups is 1. The third kappa shape index (κ3) is 7.57. The molecule has 0 aliphatic rings. The minimum Gasteiger partial charge on any atom is -0.409 e. The van der Waals surface area contributed by atoms with E-state index in [1.54, 1.807) is 0 Å². The number of ether oxygens (including phenoxy) is 1. The fourth-order valence-corrected chi connectivity index (χ4v) is 1.17. The summed E-state index contributed by atoms with van der Waals surface area (Å²) in [6.07, 6.45) is 1.44. The molecule has 4 N–H and O–H groups in total. The molecule has 0 aromatic rings. The van der Waals surface area contributed by atoms with E-state index < -0.39 is 6.04 Å². The van der Waals surface area contributed by atoms with Crippen LogP contribution in [0.4, 0.5) is 0 Å². The van der Waals surface area contributed by atoms with E-state index in [1.807, 2.05) is 27.7 Å². The van der Waals surface area contributed by atoms with E-state index in [0.717, 1.165) is 6.42 Å². The fourth-order valence-electron chi connectivity index (χ4n) is 1.17. The highest BCUT2D eigenvalue weighted by atomic mass is 16.5. The van der Waals surface area contributed by atoms with Crippen molar-refractivity contribution in [1.82, 2.24) is 5.32 Å². The Morgan fingerprint density at radius 2 is 2.12 bits per heavy atom. The van der Waals surface area contributed by atoms with Gasteiger partial charge in [-0.1, -0.05) is 18.5 Å². The van der Waals surface area contributed by atoms with Crippen LogP contribution in [-0.2, 0) is 9.53 Å². The van der Waals surface area contributed by atoms with Gasteiger partial charge in [0.05, 0.1) is 11.6 Å². The second-order valence-corrected chi connectivity index (χ2v) is 4.83. The largest absolute Gasteiger partial charge is 0.409 e. The number of hydrogen-bond acceptors (Lipinski definition) is 4. The maximum absolute atomic E-state index is 11.6. The number of carbonyl (C=O) groups is 1. The van der Waals surface area contributed by atoms with Crippen LogP contribution in [0.2, 0.25) is 0 Å². The number of nitrogens with two attached hydrogens (primary N) is 1. The number of hydrogen-bond donors (Lipinski definition) is 3. The van der Waals surface area contributed by atoms with Gasteiger partial charge in [-0.2, -0.15) is 0 Å². The highest BCUT2D eigenvalue weighted by Crippen LogP contribution is 2.06. The highest BCUT2D eigenvalue weighted by molar-refractivity contribution is 5.90. The minimum absolute atomic E-state index is 0.0101. The van der Waals surface area contributed by atoms with Gasteiger partial charge in [-0.3, -0.25) is 4.79 Å². The third-order valence-electron chi connectivity index (χ3n) is 2.02. The molecular weight excluding hydrogens is 222 g/mol. The van der Waals surface area contributed by atoms with E-state index in [4.69, 9.17) is 15.7 Å². The SMILES string of the molecule is CCCC(NC(=O)COC(C)(C)C)C(N)=NO. The van der Waals surface area contributed by atoms with Crippen molar-refractivity contribution in [2.75, 3.05) is 6.61 Å². The van der Waals surface area contributed by atoms with Gasteiger partial charge < -0.3 is 21.0 Å². The summed E-state index contributed by atoms with van der Waals surface area (Å²) in [5.41, 5.74) is 5.11. The van der Waals surface area contributed by atoms with E-state index in [1.165, 1.54) is 0 Å². The number of amides is 1. The Kier molecular flexibility index (Phi) is 6.57. The van der Waals surface area contributed by atoms with Gasteiger partial charge in [0.15, 0.2) is 5.84 Å². The van der Waals surface area contributed by atoms with Crippen molar-refractivity contribution in [3.8, 4) is 0 Å². The Morgan fingerprint density at radius 3 is 2.53 bits per heavy atom. The number of nitrogens with zero attached hydrogens (tertiary/aromatic N) is 1. The van der Waals surface area contributed by atoms with Crippen LogP contribution in [0.15, 0.2) is 5.16 Å². The minimum atomic E-state index is -0.443. The van der Waals surface area contributed by atoms with Crippen LogP contribution >= 0.6 is 0 Å². The lowest BCUT2D eigenvalue weighted by atomic mass is 10.1. The summed E-state index contributed by atoms with van der Waals surface area (Å²) in [6.45, 7) is 7.52. The van der Waals surface area contributed by atoms with Crippen molar-refractivity contribution in [3.05, 3.63) is 0 Å². The van der Waals surface area contributed by atoms with Crippen molar-refractivity contribution < 1.29 is 14.7 Å². The maximum atomic E-state index is 11.6. The molecule has 0 aliphatic heterocycles. The second kappa shape index (κ2) is 7.11. The van der Waals surface area contributed by atoms with E-state index in [-0.39, 0.29) is 24.0 Å². The molecule has 0 radical (unpaired) electrons. The van der Waals surface area contributed by atoms with Crippen LogP contribution in [-0.4, -0.2) is 35.2 Å². The molecule has 1 amide bonds. The molecule has 0 rings (SSSR count). The molecule has 0 aromatic heterocycles. The summed E-state index contributed by atoms with van der Waals surface area (Å²) >= 11 is 0. The van der Waals surface area contributed by atoms with Crippen LogP contribution < -0.4 is 11.1 Å². The van der Waals surface area contributed by atoms with E-state index in [9.17, 15) is 4.79 Å². The molecule has 100 valence electrons. The normalized spacial score (nSPS) is 14.5. The van der Waals surface area contributed by atoms with Gasteiger partial charge in [-0.15, -0.1) is 0 Å². The van der Waals surface area contributed by atoms with Crippen molar-refractivity contribution >= 4 is 11.7 Å². The maximum Gasteiger partial charge on any atom is 0.246 e. The number of carbonyl (C=O) groups excluding carboxylic acids is 1. The lowest BCUT2D eigenvalue weighted by Gasteiger charge is -2.21. The Hall–Kier alpha value is -1.30. The first kappa shape index (κ1) is 15.7. The molecule has 1 atom stereocenters. The molecular formula is C11H23N3O3. The third-order valence-corrected chi connectivity index (χ3v) is 2.02. The van der Waals surface area contributed by atoms with Gasteiger partial charge in [0, 0.05) is 0 Å². The van der Waals surface area contributed by atoms with Gasteiger partial charge in [0.2, 0.25) is 5.91 Å². The molecule has 0 aliphatic carbocycles. The molecule has 0 spiro atoms. The van der Waals surface area contributed by atoms with Crippen LogP contribution in [0.3, 0.4) is 0 Å². The molecule has 6 heteroatoms. The summed E-state index contributed by atoms with van der Waals surface area (Å²) in [5, 5.41) is 14.2. The number of rotatable bonds is 6. The summed E-state index contributed by atoms with van der Waals surface area (Å²) in [5.74, 6) is -0.263. The fraction of sp³-hybridized carbons (Fsp3) is 0.818. The summed E-state index contributed by atoms with van der Waals surface area (Å²) < 4.78 is 5.33. The zero-order valence-electron chi connectivity index (χ0n) is 11.0. The van der Waals surface area contributed by atoms with Crippen LogP contribution in [0.25, 0.3) is 0 Å². The first-order valence-corrected chi connectivity index (χ1v) is 5.71. The standard InChI is InChI=1S/C11H23N3O3/c1-5-6-8(10(12)14-16)13-9(15)7-17-11(2,3)4/h8,16H,5-7H2,1-4H3,(H2,12,14)(H,13,15). The van der Waals surface area contributed by atoms with Crippen LogP contribution in [0.5, 0.6) is 0 Å². The predicted octanol–water partition coefficient (Wildman–Crippen LogP) is 0.833. The summed E-state index contributed by atoms with van der Waals surface area (Å²) in [4.78, 5) is 11.6. The van der Waals surface area contributed by atoms with Gasteiger partial charge >= 0.3 is 0 Å². The lowest BCUT2D eigenvalue weighted by Crippen LogP contribution is -2.46. The molecule has 0 aromatic carbocycles.